The van der Waals surface area contributed by atoms with Crippen LogP contribution in [0.25, 0.3) is 11.6 Å². The minimum atomic E-state index is 0.462. The number of pyridine rings is 1. The number of hydrogen-bond donors (Lipinski definition) is 1. The fourth-order valence-electron chi connectivity index (χ4n) is 1.48. The highest BCUT2D eigenvalue weighted by molar-refractivity contribution is 5.46. The summed E-state index contributed by atoms with van der Waals surface area (Å²) in [7, 11) is 0. The van der Waals surface area contributed by atoms with E-state index in [0.29, 0.717) is 24.0 Å². The van der Waals surface area contributed by atoms with Crippen LogP contribution in [0.4, 0.5) is 0 Å². The summed E-state index contributed by atoms with van der Waals surface area (Å²) in [5.41, 5.74) is 7.17. The van der Waals surface area contributed by atoms with Gasteiger partial charge >= 0.3 is 0 Å². The Bertz CT molecular complexity index is 476. The largest absolute Gasteiger partial charge is 0.332 e. The third kappa shape index (κ3) is 2.88. The number of nitrogens with two attached hydrogens (primary N) is 1. The number of aromatic nitrogens is 3. The van der Waals surface area contributed by atoms with Crippen LogP contribution in [-0.2, 0) is 13.0 Å². The second-order valence-corrected chi connectivity index (χ2v) is 4.37. The number of rotatable bonds is 4. The van der Waals surface area contributed by atoms with Crippen LogP contribution in [0, 0.1) is 5.92 Å². The van der Waals surface area contributed by atoms with Gasteiger partial charge in [-0.15, -0.1) is 0 Å². The van der Waals surface area contributed by atoms with Gasteiger partial charge in [-0.3, -0.25) is 4.98 Å². The zero-order valence-electron chi connectivity index (χ0n) is 10.1. The molecule has 0 aliphatic carbocycles. The van der Waals surface area contributed by atoms with Crippen LogP contribution in [0.5, 0.6) is 0 Å². The molecular weight excluding hydrogens is 216 g/mol. The van der Waals surface area contributed by atoms with Crippen LogP contribution in [0.3, 0.4) is 0 Å². The second kappa shape index (κ2) is 5.05. The third-order valence-corrected chi connectivity index (χ3v) is 2.34. The summed E-state index contributed by atoms with van der Waals surface area (Å²) in [6.45, 7) is 4.71. The molecule has 2 N–H and O–H groups in total. The second-order valence-electron chi connectivity index (χ2n) is 4.37. The summed E-state index contributed by atoms with van der Waals surface area (Å²) in [5.74, 6) is 1.69. The Kier molecular flexibility index (Phi) is 3.49. The predicted octanol–water partition coefficient (Wildman–Crippen LogP) is 1.79. The maximum Gasteiger partial charge on any atom is 0.276 e. The normalized spacial score (nSPS) is 11.1. The highest BCUT2D eigenvalue weighted by atomic mass is 16.5. The maximum absolute atomic E-state index is 5.51. The van der Waals surface area contributed by atoms with Crippen molar-refractivity contribution in [2.75, 3.05) is 0 Å². The molecule has 0 saturated carbocycles. The molecule has 2 heterocycles. The molecule has 0 bridgehead atoms. The van der Waals surface area contributed by atoms with Crippen molar-refractivity contribution < 1.29 is 4.52 Å². The molecule has 2 aromatic rings. The lowest BCUT2D eigenvalue weighted by Crippen LogP contribution is -1.97. The van der Waals surface area contributed by atoms with E-state index in [1.165, 1.54) is 0 Å². The number of nitrogens with zero attached hydrogens (tertiary/aromatic N) is 3. The van der Waals surface area contributed by atoms with Gasteiger partial charge < -0.3 is 10.3 Å². The van der Waals surface area contributed by atoms with Crippen molar-refractivity contribution in [2.45, 2.75) is 26.8 Å². The van der Waals surface area contributed by atoms with Crippen molar-refractivity contribution in [3.05, 3.63) is 29.7 Å². The van der Waals surface area contributed by atoms with Crippen LogP contribution < -0.4 is 5.73 Å². The molecule has 0 saturated heterocycles. The van der Waals surface area contributed by atoms with Crippen molar-refractivity contribution in [1.29, 1.82) is 0 Å². The van der Waals surface area contributed by atoms with Crippen LogP contribution in [0.15, 0.2) is 22.9 Å². The molecule has 0 aliphatic heterocycles. The van der Waals surface area contributed by atoms with E-state index in [0.717, 1.165) is 17.8 Å². The summed E-state index contributed by atoms with van der Waals surface area (Å²) in [6, 6.07) is 3.75. The Morgan fingerprint density at radius 1 is 1.35 bits per heavy atom. The van der Waals surface area contributed by atoms with E-state index in [4.69, 9.17) is 10.3 Å². The molecule has 2 aromatic heterocycles. The molecule has 0 spiro atoms. The minimum absolute atomic E-state index is 0.462. The fraction of sp³-hybridized carbons (Fsp3) is 0.417. The lowest BCUT2D eigenvalue weighted by molar-refractivity contribution is 0.416. The molecule has 0 aliphatic rings. The van der Waals surface area contributed by atoms with Gasteiger partial charge in [-0.25, -0.2) is 0 Å². The molecule has 0 atom stereocenters. The van der Waals surface area contributed by atoms with Gasteiger partial charge in [0.1, 0.15) is 5.69 Å². The van der Waals surface area contributed by atoms with E-state index in [-0.39, 0.29) is 0 Å². The van der Waals surface area contributed by atoms with E-state index in [2.05, 4.69) is 29.0 Å². The molecule has 0 radical (unpaired) electrons. The van der Waals surface area contributed by atoms with Crippen LogP contribution in [-0.4, -0.2) is 15.1 Å². The van der Waals surface area contributed by atoms with Gasteiger partial charge in [-0.05, 0) is 17.5 Å². The molecule has 0 unspecified atom stereocenters. The van der Waals surface area contributed by atoms with Gasteiger partial charge in [0, 0.05) is 19.2 Å². The van der Waals surface area contributed by atoms with Gasteiger partial charge in [0.05, 0.1) is 0 Å². The Morgan fingerprint density at radius 2 is 2.18 bits per heavy atom. The van der Waals surface area contributed by atoms with Gasteiger partial charge in [-0.2, -0.15) is 4.98 Å². The van der Waals surface area contributed by atoms with Crippen molar-refractivity contribution in [2.24, 2.45) is 11.7 Å². The smallest absolute Gasteiger partial charge is 0.276 e. The number of hydrogen-bond acceptors (Lipinski definition) is 5. The first-order valence-corrected chi connectivity index (χ1v) is 5.67. The lowest BCUT2D eigenvalue weighted by atomic mass is 10.1. The topological polar surface area (TPSA) is 77.8 Å². The first-order chi connectivity index (χ1) is 8.19. The summed E-state index contributed by atoms with van der Waals surface area (Å²) in [6.07, 6.45) is 2.53. The molecule has 0 fully saturated rings. The van der Waals surface area contributed by atoms with E-state index >= 15 is 0 Å². The van der Waals surface area contributed by atoms with Crippen molar-refractivity contribution in [3.8, 4) is 11.6 Å². The third-order valence-electron chi connectivity index (χ3n) is 2.34. The van der Waals surface area contributed by atoms with Gasteiger partial charge in [0.25, 0.3) is 5.89 Å². The van der Waals surface area contributed by atoms with E-state index in [1.54, 1.807) is 6.20 Å². The molecule has 5 nitrogen and oxygen atoms in total. The standard InChI is InChI=1S/C12H16N4O/c1-8(2)5-11-15-12(17-16-11)10-4-3-9(6-13)7-14-10/h3-4,7-8H,5-6,13H2,1-2H3. The quantitative estimate of drug-likeness (QED) is 0.869. The minimum Gasteiger partial charge on any atom is -0.332 e. The SMILES string of the molecule is CC(C)Cc1noc(-c2ccc(CN)cn2)n1. The Morgan fingerprint density at radius 3 is 2.76 bits per heavy atom. The first kappa shape index (κ1) is 11.7. The maximum atomic E-state index is 5.51. The van der Waals surface area contributed by atoms with Crippen molar-refractivity contribution >= 4 is 0 Å². The van der Waals surface area contributed by atoms with Crippen LogP contribution >= 0.6 is 0 Å². The highest BCUT2D eigenvalue weighted by Gasteiger charge is 2.10. The summed E-state index contributed by atoms with van der Waals surface area (Å²) in [4.78, 5) is 8.54. The molecule has 17 heavy (non-hydrogen) atoms. The molecule has 2 rings (SSSR count). The van der Waals surface area contributed by atoms with E-state index in [9.17, 15) is 0 Å². The highest BCUT2D eigenvalue weighted by Crippen LogP contribution is 2.15. The summed E-state index contributed by atoms with van der Waals surface area (Å²) in [5, 5.41) is 3.92. The molecule has 90 valence electrons. The average molecular weight is 232 g/mol. The molecular formula is C12H16N4O. The summed E-state index contributed by atoms with van der Waals surface area (Å²) >= 11 is 0. The molecule has 5 heteroatoms. The Labute approximate surface area is 100 Å². The van der Waals surface area contributed by atoms with Crippen molar-refractivity contribution in [3.63, 3.8) is 0 Å². The van der Waals surface area contributed by atoms with E-state index in [1.807, 2.05) is 12.1 Å². The van der Waals surface area contributed by atoms with Gasteiger partial charge in [0.2, 0.25) is 0 Å². The van der Waals surface area contributed by atoms with E-state index < -0.39 is 0 Å². The Hall–Kier alpha value is -1.75. The Balaban J connectivity index is 2.18. The first-order valence-electron chi connectivity index (χ1n) is 5.67. The van der Waals surface area contributed by atoms with Crippen LogP contribution in [0.1, 0.15) is 25.2 Å². The average Bonchev–Trinajstić information content (AvgIpc) is 2.77. The molecule has 0 aromatic carbocycles. The van der Waals surface area contributed by atoms with Crippen molar-refractivity contribution in [1.82, 2.24) is 15.1 Å². The molecule has 0 amide bonds. The lowest BCUT2D eigenvalue weighted by Gasteiger charge is -1.97. The monoisotopic (exact) mass is 232 g/mol. The van der Waals surface area contributed by atoms with Gasteiger partial charge in [-0.1, -0.05) is 25.1 Å². The van der Waals surface area contributed by atoms with Gasteiger partial charge in [0.15, 0.2) is 5.82 Å². The zero-order chi connectivity index (χ0) is 12.3. The summed E-state index contributed by atoms with van der Waals surface area (Å²) < 4.78 is 5.17. The predicted molar refractivity (Wildman–Crippen MR) is 64.0 cm³/mol. The fourth-order valence-corrected chi connectivity index (χ4v) is 1.48. The zero-order valence-corrected chi connectivity index (χ0v) is 10.1. The van der Waals surface area contributed by atoms with Crippen LogP contribution in [0.2, 0.25) is 0 Å².